The fraction of sp³-hybridized carbons (Fsp3) is 0.500. The molecule has 0 N–H and O–H groups in total. The Morgan fingerprint density at radius 3 is 1.95 bits per heavy atom. The number of nitrogens with zero attached hydrogens (tertiary/aromatic N) is 2. The summed E-state index contributed by atoms with van der Waals surface area (Å²) in [5.74, 6) is -1.25. The van der Waals surface area contributed by atoms with Crippen LogP contribution in [-0.4, -0.2) is 19.3 Å². The topological polar surface area (TPSA) is 6.48 Å². The summed E-state index contributed by atoms with van der Waals surface area (Å²) in [6.45, 7) is 0.580. The highest BCUT2D eigenvalue weighted by molar-refractivity contribution is 5.54. The molecule has 0 aliphatic carbocycles. The van der Waals surface area contributed by atoms with Gasteiger partial charge in [-0.1, -0.05) is 8.96 Å². The van der Waals surface area contributed by atoms with Crippen LogP contribution in [0.15, 0.2) is 24.3 Å². The number of hydrogen-bond donors (Lipinski definition) is 0. The van der Waals surface area contributed by atoms with Crippen molar-refractivity contribution in [2.45, 2.75) is 19.0 Å². The lowest BCUT2D eigenvalue weighted by Crippen LogP contribution is -2.38. The maximum absolute atomic E-state index is 12.5. The second kappa shape index (κ2) is 5.22. The Morgan fingerprint density at radius 2 is 1.53 bits per heavy atom. The van der Waals surface area contributed by atoms with Crippen molar-refractivity contribution in [3.8, 4) is 0 Å². The van der Waals surface area contributed by atoms with Crippen LogP contribution in [0.1, 0.15) is 12.8 Å². The molecule has 0 saturated carbocycles. The molecule has 1 aliphatic heterocycles. The first-order valence-electron chi connectivity index (χ1n) is 5.91. The minimum Gasteiger partial charge on any atom is -0.372 e. The highest BCUT2D eigenvalue weighted by Crippen LogP contribution is 2.35. The van der Waals surface area contributed by atoms with E-state index in [0.29, 0.717) is 18.8 Å². The summed E-state index contributed by atoms with van der Waals surface area (Å²) in [4.78, 5) is 1.78. The van der Waals surface area contributed by atoms with Crippen molar-refractivity contribution >= 4 is 11.4 Å². The molecule has 0 bridgehead atoms. The second-order valence-electron chi connectivity index (χ2n) is 4.55. The van der Waals surface area contributed by atoms with Crippen molar-refractivity contribution < 1.29 is 22.1 Å². The zero-order chi connectivity index (χ0) is 14.0. The molecule has 0 radical (unpaired) electrons. The van der Waals surface area contributed by atoms with Gasteiger partial charge in [0, 0.05) is 18.8 Å². The first kappa shape index (κ1) is 13.9. The highest BCUT2D eigenvalue weighted by Gasteiger charge is 2.41. The molecule has 0 aromatic heterocycles. The van der Waals surface area contributed by atoms with Gasteiger partial charge in [0.15, 0.2) is 0 Å². The third kappa shape index (κ3) is 3.27. The molecule has 0 unspecified atom stereocenters. The van der Waals surface area contributed by atoms with Gasteiger partial charge in [0.05, 0.1) is 5.92 Å². The van der Waals surface area contributed by atoms with Crippen molar-refractivity contribution in [1.82, 2.24) is 0 Å². The van der Waals surface area contributed by atoms with E-state index in [1.165, 1.54) is 24.3 Å². The quantitative estimate of drug-likeness (QED) is 0.596. The number of rotatable bonds is 2. The van der Waals surface area contributed by atoms with Crippen molar-refractivity contribution in [2.24, 2.45) is 5.92 Å². The standard InChI is InChI=1S/C12H13F5N2/c13-12(14,15)9-5-7-18(8-6-9)10-1-3-11(4-2-10)19(16)17/h1-4,9H,5-8H2. The van der Waals surface area contributed by atoms with Crippen LogP contribution in [0.4, 0.5) is 33.5 Å². The van der Waals surface area contributed by atoms with E-state index in [4.69, 9.17) is 0 Å². The molecule has 19 heavy (non-hydrogen) atoms. The molecule has 1 fully saturated rings. The average molecular weight is 280 g/mol. The number of hydrogen-bond acceptors (Lipinski definition) is 2. The van der Waals surface area contributed by atoms with E-state index < -0.39 is 17.4 Å². The van der Waals surface area contributed by atoms with E-state index in [1.807, 2.05) is 0 Å². The SMILES string of the molecule is FN(F)c1ccc(N2CCC(C(F)(F)F)CC2)cc1. The Bertz CT molecular complexity index is 407. The van der Waals surface area contributed by atoms with Crippen LogP contribution in [0.25, 0.3) is 0 Å². The Kier molecular flexibility index (Phi) is 3.82. The van der Waals surface area contributed by atoms with Gasteiger partial charge in [-0.2, -0.15) is 13.2 Å². The summed E-state index contributed by atoms with van der Waals surface area (Å²) < 4.78 is 62.0. The number of anilines is 2. The molecule has 106 valence electrons. The van der Waals surface area contributed by atoms with E-state index in [2.05, 4.69) is 0 Å². The van der Waals surface area contributed by atoms with Crippen LogP contribution in [0.5, 0.6) is 0 Å². The van der Waals surface area contributed by atoms with Gasteiger partial charge in [0.1, 0.15) is 5.69 Å². The van der Waals surface area contributed by atoms with Crippen molar-refractivity contribution in [3.63, 3.8) is 0 Å². The fourth-order valence-corrected chi connectivity index (χ4v) is 2.24. The molecule has 1 heterocycles. The Labute approximate surface area is 107 Å². The predicted octanol–water partition coefficient (Wildman–Crippen LogP) is 4.04. The third-order valence-electron chi connectivity index (χ3n) is 3.37. The lowest BCUT2D eigenvalue weighted by Gasteiger charge is -2.34. The van der Waals surface area contributed by atoms with E-state index in [1.54, 1.807) is 4.90 Å². The van der Waals surface area contributed by atoms with Gasteiger partial charge in [-0.15, -0.1) is 0 Å². The average Bonchev–Trinajstić information content (AvgIpc) is 2.38. The summed E-state index contributed by atoms with van der Waals surface area (Å²) in [5.41, 5.74) is 0.431. The molecule has 1 aliphatic rings. The van der Waals surface area contributed by atoms with Crippen LogP contribution in [0.2, 0.25) is 0 Å². The molecule has 2 nitrogen and oxygen atoms in total. The number of alkyl halides is 3. The molecule has 0 amide bonds. The van der Waals surface area contributed by atoms with Crippen LogP contribution >= 0.6 is 0 Å². The fourth-order valence-electron chi connectivity index (χ4n) is 2.24. The Balaban J connectivity index is 1.98. The Hall–Kier alpha value is -1.53. The summed E-state index contributed by atoms with van der Waals surface area (Å²) in [7, 11) is 0. The third-order valence-corrected chi connectivity index (χ3v) is 3.37. The smallest absolute Gasteiger partial charge is 0.372 e. The minimum atomic E-state index is -4.14. The molecule has 0 atom stereocenters. The summed E-state index contributed by atoms with van der Waals surface area (Å²) >= 11 is 0. The molecule has 7 heteroatoms. The molecule has 2 rings (SSSR count). The largest absolute Gasteiger partial charge is 0.391 e. The lowest BCUT2D eigenvalue weighted by atomic mass is 9.96. The van der Waals surface area contributed by atoms with Gasteiger partial charge >= 0.3 is 6.18 Å². The van der Waals surface area contributed by atoms with E-state index in [9.17, 15) is 22.1 Å². The van der Waals surface area contributed by atoms with Crippen LogP contribution in [0, 0.1) is 5.92 Å². The molecule has 0 spiro atoms. The molecule has 1 saturated heterocycles. The first-order valence-corrected chi connectivity index (χ1v) is 5.91. The van der Waals surface area contributed by atoms with Gasteiger partial charge in [-0.3, -0.25) is 0 Å². The van der Waals surface area contributed by atoms with E-state index >= 15 is 0 Å². The second-order valence-corrected chi connectivity index (χ2v) is 4.55. The van der Waals surface area contributed by atoms with Gasteiger partial charge in [-0.25, -0.2) is 0 Å². The predicted molar refractivity (Wildman–Crippen MR) is 62.1 cm³/mol. The summed E-state index contributed by atoms with van der Waals surface area (Å²) in [6.07, 6.45) is -4.05. The number of piperidine rings is 1. The van der Waals surface area contributed by atoms with Crippen molar-refractivity contribution in [3.05, 3.63) is 24.3 Å². The van der Waals surface area contributed by atoms with Crippen molar-refractivity contribution in [1.29, 1.82) is 0 Å². The van der Waals surface area contributed by atoms with Gasteiger partial charge < -0.3 is 4.90 Å². The highest BCUT2D eigenvalue weighted by atomic mass is 19.4. The van der Waals surface area contributed by atoms with Crippen LogP contribution in [0.3, 0.4) is 0 Å². The van der Waals surface area contributed by atoms with E-state index in [0.717, 1.165) is 0 Å². The zero-order valence-electron chi connectivity index (χ0n) is 10.00. The lowest BCUT2D eigenvalue weighted by molar-refractivity contribution is -0.179. The zero-order valence-corrected chi connectivity index (χ0v) is 10.00. The first-order chi connectivity index (χ1) is 8.88. The van der Waals surface area contributed by atoms with Gasteiger partial charge in [-0.05, 0) is 42.5 Å². The number of halogens is 5. The molecule has 1 aromatic rings. The monoisotopic (exact) mass is 280 g/mol. The number of benzene rings is 1. The van der Waals surface area contributed by atoms with Crippen molar-refractivity contribution in [2.75, 3.05) is 23.3 Å². The maximum atomic E-state index is 12.5. The van der Waals surface area contributed by atoms with E-state index in [-0.39, 0.29) is 18.5 Å². The molecular formula is C12H13F5N2. The Morgan fingerprint density at radius 1 is 1.00 bits per heavy atom. The summed E-state index contributed by atoms with van der Waals surface area (Å²) in [6, 6.07) is 5.47. The van der Waals surface area contributed by atoms with Gasteiger partial charge in [0.25, 0.3) is 0 Å². The summed E-state index contributed by atoms with van der Waals surface area (Å²) in [5, 5.41) is -1.00. The maximum Gasteiger partial charge on any atom is 0.391 e. The normalized spacial score (nSPS) is 17.6. The van der Waals surface area contributed by atoms with Crippen LogP contribution in [-0.2, 0) is 0 Å². The minimum absolute atomic E-state index is 0.0452. The molecular weight excluding hydrogens is 267 g/mol. The molecule has 1 aromatic carbocycles. The van der Waals surface area contributed by atoms with Gasteiger partial charge in [0.2, 0.25) is 0 Å². The van der Waals surface area contributed by atoms with Crippen LogP contribution < -0.4 is 10.2 Å².